The summed E-state index contributed by atoms with van der Waals surface area (Å²) in [5.74, 6) is 0.504. The molecule has 1 saturated carbocycles. The highest BCUT2D eigenvalue weighted by Gasteiger charge is 2.29. The topological polar surface area (TPSA) is 48.1 Å². The van der Waals surface area contributed by atoms with Gasteiger partial charge >= 0.3 is 0 Å². The molecule has 1 aromatic rings. The summed E-state index contributed by atoms with van der Waals surface area (Å²) < 4.78 is 5.72. The van der Waals surface area contributed by atoms with Crippen molar-refractivity contribution in [2.24, 2.45) is 5.73 Å². The van der Waals surface area contributed by atoms with Crippen LogP contribution in [-0.4, -0.2) is 17.1 Å². The number of hydrogen-bond donors (Lipinski definition) is 1. The number of nitrogens with two attached hydrogens (primary N) is 1. The van der Waals surface area contributed by atoms with Gasteiger partial charge in [-0.05, 0) is 12.8 Å². The number of nitrogens with zero attached hydrogens (tertiary/aromatic N) is 1. The van der Waals surface area contributed by atoms with Crippen LogP contribution in [0.15, 0.2) is 5.38 Å². The lowest BCUT2D eigenvalue weighted by Crippen LogP contribution is -2.41. The van der Waals surface area contributed by atoms with E-state index in [0.29, 0.717) is 19.1 Å². The summed E-state index contributed by atoms with van der Waals surface area (Å²) >= 11 is 1.72. The summed E-state index contributed by atoms with van der Waals surface area (Å²) in [4.78, 5) is 4.55. The second kappa shape index (κ2) is 5.46. The zero-order valence-electron chi connectivity index (χ0n) is 10.7. The van der Waals surface area contributed by atoms with Crippen molar-refractivity contribution in [1.82, 2.24) is 4.98 Å². The number of hydrogen-bond acceptors (Lipinski definition) is 4. The Labute approximate surface area is 107 Å². The summed E-state index contributed by atoms with van der Waals surface area (Å²) in [7, 11) is 0. The second-order valence-corrected chi connectivity index (χ2v) is 6.28. The standard InChI is InChI=1S/C13H22N2OS/c1-10(2)12-15-11(8-17-12)7-16-9-13(14)5-3-4-6-13/h8,10H,3-7,9,14H2,1-2H3. The van der Waals surface area contributed by atoms with Crippen molar-refractivity contribution in [3.8, 4) is 0 Å². The Morgan fingerprint density at radius 2 is 2.18 bits per heavy atom. The third kappa shape index (κ3) is 3.50. The van der Waals surface area contributed by atoms with E-state index in [0.717, 1.165) is 18.5 Å². The Morgan fingerprint density at radius 1 is 1.47 bits per heavy atom. The van der Waals surface area contributed by atoms with Gasteiger partial charge < -0.3 is 10.5 Å². The van der Waals surface area contributed by atoms with E-state index >= 15 is 0 Å². The minimum atomic E-state index is -0.0725. The molecule has 1 aliphatic carbocycles. The average molecular weight is 254 g/mol. The van der Waals surface area contributed by atoms with Crippen LogP contribution in [0.3, 0.4) is 0 Å². The molecule has 2 N–H and O–H groups in total. The Morgan fingerprint density at radius 3 is 2.76 bits per heavy atom. The van der Waals surface area contributed by atoms with E-state index < -0.39 is 0 Å². The van der Waals surface area contributed by atoms with Crippen LogP contribution in [0.2, 0.25) is 0 Å². The largest absolute Gasteiger partial charge is 0.373 e. The van der Waals surface area contributed by atoms with Crippen LogP contribution in [0.25, 0.3) is 0 Å². The van der Waals surface area contributed by atoms with Crippen LogP contribution >= 0.6 is 11.3 Å². The molecule has 96 valence electrons. The molecule has 0 aromatic carbocycles. The van der Waals surface area contributed by atoms with Crippen molar-refractivity contribution < 1.29 is 4.74 Å². The number of aromatic nitrogens is 1. The van der Waals surface area contributed by atoms with Crippen LogP contribution in [0.5, 0.6) is 0 Å². The van der Waals surface area contributed by atoms with E-state index in [4.69, 9.17) is 10.5 Å². The van der Waals surface area contributed by atoms with E-state index in [1.54, 1.807) is 11.3 Å². The van der Waals surface area contributed by atoms with Crippen LogP contribution in [0.1, 0.15) is 56.2 Å². The number of rotatable bonds is 5. The molecule has 2 rings (SSSR count). The van der Waals surface area contributed by atoms with Crippen molar-refractivity contribution in [3.63, 3.8) is 0 Å². The van der Waals surface area contributed by atoms with Crippen molar-refractivity contribution in [3.05, 3.63) is 16.1 Å². The van der Waals surface area contributed by atoms with Gasteiger partial charge in [-0.2, -0.15) is 0 Å². The van der Waals surface area contributed by atoms with Crippen molar-refractivity contribution in [2.45, 2.75) is 57.6 Å². The summed E-state index contributed by atoms with van der Waals surface area (Å²) in [5.41, 5.74) is 7.20. The highest BCUT2D eigenvalue weighted by atomic mass is 32.1. The van der Waals surface area contributed by atoms with Gasteiger partial charge in [0.15, 0.2) is 0 Å². The van der Waals surface area contributed by atoms with E-state index in [-0.39, 0.29) is 5.54 Å². The maximum absolute atomic E-state index is 6.23. The Balaban J connectivity index is 1.77. The minimum Gasteiger partial charge on any atom is -0.373 e. The molecule has 0 bridgehead atoms. The Kier molecular flexibility index (Phi) is 4.17. The molecule has 1 fully saturated rings. The predicted octanol–water partition coefficient (Wildman–Crippen LogP) is 3.05. The van der Waals surface area contributed by atoms with Crippen molar-refractivity contribution >= 4 is 11.3 Å². The lowest BCUT2D eigenvalue weighted by atomic mass is 10.0. The molecule has 1 aromatic heterocycles. The molecular weight excluding hydrogens is 232 g/mol. The molecule has 4 heteroatoms. The van der Waals surface area contributed by atoms with Gasteiger partial charge in [-0.25, -0.2) is 4.98 Å². The van der Waals surface area contributed by atoms with E-state index in [1.165, 1.54) is 17.8 Å². The monoisotopic (exact) mass is 254 g/mol. The van der Waals surface area contributed by atoms with Crippen LogP contribution in [0.4, 0.5) is 0 Å². The fraction of sp³-hybridized carbons (Fsp3) is 0.769. The molecule has 0 unspecified atom stereocenters. The molecule has 17 heavy (non-hydrogen) atoms. The highest BCUT2D eigenvalue weighted by molar-refractivity contribution is 7.09. The molecule has 0 amide bonds. The Bertz CT molecular complexity index is 356. The second-order valence-electron chi connectivity index (χ2n) is 5.39. The quantitative estimate of drug-likeness (QED) is 0.878. The van der Waals surface area contributed by atoms with Crippen LogP contribution < -0.4 is 5.73 Å². The average Bonchev–Trinajstić information content (AvgIpc) is 2.88. The number of thiazole rings is 1. The molecule has 1 heterocycles. The molecule has 0 atom stereocenters. The maximum Gasteiger partial charge on any atom is 0.0954 e. The minimum absolute atomic E-state index is 0.0725. The van der Waals surface area contributed by atoms with Crippen molar-refractivity contribution in [1.29, 1.82) is 0 Å². The van der Waals surface area contributed by atoms with Crippen LogP contribution in [0, 0.1) is 0 Å². The van der Waals surface area contributed by atoms with Gasteiger partial charge in [-0.3, -0.25) is 0 Å². The molecule has 1 aliphatic rings. The van der Waals surface area contributed by atoms with E-state index in [1.807, 2.05) is 0 Å². The molecule has 3 nitrogen and oxygen atoms in total. The first-order chi connectivity index (χ1) is 8.09. The smallest absolute Gasteiger partial charge is 0.0954 e. The van der Waals surface area contributed by atoms with Gasteiger partial charge in [-0.15, -0.1) is 11.3 Å². The number of ether oxygens (including phenoxy) is 1. The highest BCUT2D eigenvalue weighted by Crippen LogP contribution is 2.27. The van der Waals surface area contributed by atoms with E-state index in [2.05, 4.69) is 24.2 Å². The maximum atomic E-state index is 6.23. The summed E-state index contributed by atoms with van der Waals surface area (Å²) in [6.45, 7) is 5.59. The first kappa shape index (κ1) is 13.0. The molecule has 0 aliphatic heterocycles. The lowest BCUT2D eigenvalue weighted by molar-refractivity contribution is 0.0733. The van der Waals surface area contributed by atoms with Crippen LogP contribution in [-0.2, 0) is 11.3 Å². The van der Waals surface area contributed by atoms with E-state index in [9.17, 15) is 0 Å². The first-order valence-electron chi connectivity index (χ1n) is 6.40. The van der Waals surface area contributed by atoms with Gasteiger partial charge in [0, 0.05) is 16.8 Å². The van der Waals surface area contributed by atoms with Gasteiger partial charge in [0.25, 0.3) is 0 Å². The fourth-order valence-corrected chi connectivity index (χ4v) is 3.06. The normalized spacial score (nSPS) is 19.1. The molecule has 0 spiro atoms. The molecule has 0 radical (unpaired) electrons. The Hall–Kier alpha value is -0.450. The third-order valence-corrected chi connectivity index (χ3v) is 4.50. The summed E-state index contributed by atoms with van der Waals surface area (Å²) in [6.07, 6.45) is 4.69. The molecular formula is C13H22N2OS. The van der Waals surface area contributed by atoms with Gasteiger partial charge in [0.1, 0.15) is 0 Å². The van der Waals surface area contributed by atoms with Gasteiger partial charge in [0.2, 0.25) is 0 Å². The first-order valence-corrected chi connectivity index (χ1v) is 7.28. The zero-order chi connectivity index (χ0) is 12.3. The predicted molar refractivity (Wildman–Crippen MR) is 71.2 cm³/mol. The summed E-state index contributed by atoms with van der Waals surface area (Å²) in [6, 6.07) is 0. The fourth-order valence-electron chi connectivity index (χ4n) is 2.24. The van der Waals surface area contributed by atoms with Gasteiger partial charge in [-0.1, -0.05) is 26.7 Å². The third-order valence-electron chi connectivity index (χ3n) is 3.30. The lowest BCUT2D eigenvalue weighted by Gasteiger charge is -2.22. The zero-order valence-corrected chi connectivity index (χ0v) is 11.6. The molecule has 0 saturated heterocycles. The van der Waals surface area contributed by atoms with Crippen molar-refractivity contribution in [2.75, 3.05) is 6.61 Å². The summed E-state index contributed by atoms with van der Waals surface area (Å²) in [5, 5.41) is 3.28. The van der Waals surface area contributed by atoms with Gasteiger partial charge in [0.05, 0.1) is 23.9 Å². The SMILES string of the molecule is CC(C)c1nc(COCC2(N)CCCC2)cs1.